The summed E-state index contributed by atoms with van der Waals surface area (Å²) in [5.41, 5.74) is 8.23. The molecule has 4 rings (SSSR count). The Labute approximate surface area is 182 Å². The number of piperazine rings is 1. The van der Waals surface area contributed by atoms with Crippen LogP contribution >= 0.6 is 0 Å². The quantitative estimate of drug-likeness (QED) is 0.590. The molecule has 31 heavy (non-hydrogen) atoms. The van der Waals surface area contributed by atoms with E-state index < -0.39 is 0 Å². The predicted molar refractivity (Wildman–Crippen MR) is 123 cm³/mol. The van der Waals surface area contributed by atoms with Crippen LogP contribution in [0.2, 0.25) is 0 Å². The van der Waals surface area contributed by atoms with Crippen LogP contribution in [-0.2, 0) is 0 Å². The normalized spacial score (nSPS) is 15.2. The molecule has 1 fully saturated rings. The molecule has 164 valence electrons. The molecule has 1 saturated heterocycles. The van der Waals surface area contributed by atoms with Crippen LogP contribution in [0.1, 0.15) is 0 Å². The van der Waals surface area contributed by atoms with E-state index in [1.807, 2.05) is 24.3 Å². The zero-order chi connectivity index (χ0) is 21.8. The number of ether oxygens (including phenoxy) is 2. The SMILES string of the molecule is COc1cc(OC)cc(-c2cc3cnc(N)nc3c(NCCN3CCN(C)CC3)n2)c1. The first kappa shape index (κ1) is 21.1. The molecule has 1 aliphatic heterocycles. The summed E-state index contributed by atoms with van der Waals surface area (Å²) in [6.07, 6.45) is 1.73. The van der Waals surface area contributed by atoms with Crippen molar-refractivity contribution < 1.29 is 9.47 Å². The number of nitrogens with zero attached hydrogens (tertiary/aromatic N) is 5. The molecule has 0 atom stereocenters. The fraction of sp³-hybridized carbons (Fsp3) is 0.409. The van der Waals surface area contributed by atoms with Crippen molar-refractivity contribution in [3.05, 3.63) is 30.5 Å². The summed E-state index contributed by atoms with van der Waals surface area (Å²) in [7, 11) is 5.43. The molecule has 0 saturated carbocycles. The molecular formula is C22H29N7O2. The summed E-state index contributed by atoms with van der Waals surface area (Å²) in [5, 5.41) is 4.33. The highest BCUT2D eigenvalue weighted by Crippen LogP contribution is 2.32. The second-order valence-electron chi connectivity index (χ2n) is 7.70. The Morgan fingerprint density at radius 3 is 2.39 bits per heavy atom. The lowest BCUT2D eigenvalue weighted by atomic mass is 10.1. The van der Waals surface area contributed by atoms with Crippen LogP contribution in [0.15, 0.2) is 30.5 Å². The van der Waals surface area contributed by atoms with Crippen LogP contribution < -0.4 is 20.5 Å². The molecule has 1 aliphatic rings. The number of likely N-dealkylation sites (N-methyl/N-ethyl adjacent to an activating group) is 1. The van der Waals surface area contributed by atoms with E-state index >= 15 is 0 Å². The number of methoxy groups -OCH3 is 2. The van der Waals surface area contributed by atoms with Gasteiger partial charge in [-0.3, -0.25) is 4.90 Å². The van der Waals surface area contributed by atoms with Crippen molar-refractivity contribution in [2.75, 3.05) is 71.6 Å². The summed E-state index contributed by atoms with van der Waals surface area (Å²) in [4.78, 5) is 18.3. The number of nitrogens with one attached hydrogen (secondary N) is 1. The standard InChI is InChI=1S/C22H29N7O2/c1-28-6-8-29(9-7-28)5-4-24-21-20-16(14-25-22(23)27-20)12-19(26-21)15-10-17(30-2)13-18(11-15)31-3/h10-14H,4-9H2,1-3H3,(H,24,26)(H2,23,25,27). The number of hydrogen-bond acceptors (Lipinski definition) is 9. The van der Waals surface area contributed by atoms with Crippen molar-refractivity contribution in [3.63, 3.8) is 0 Å². The van der Waals surface area contributed by atoms with E-state index in [4.69, 9.17) is 20.2 Å². The predicted octanol–water partition coefficient (Wildman–Crippen LogP) is 1.95. The van der Waals surface area contributed by atoms with Gasteiger partial charge >= 0.3 is 0 Å². The molecule has 0 aliphatic carbocycles. The minimum atomic E-state index is 0.229. The van der Waals surface area contributed by atoms with Crippen LogP contribution in [0, 0.1) is 0 Å². The molecule has 1 aromatic carbocycles. The van der Waals surface area contributed by atoms with Gasteiger partial charge in [-0.2, -0.15) is 0 Å². The van der Waals surface area contributed by atoms with Gasteiger partial charge in [0.15, 0.2) is 5.82 Å². The van der Waals surface area contributed by atoms with E-state index in [1.54, 1.807) is 20.4 Å². The summed E-state index contributed by atoms with van der Waals surface area (Å²) >= 11 is 0. The number of anilines is 2. The van der Waals surface area contributed by atoms with Crippen molar-refractivity contribution in [3.8, 4) is 22.8 Å². The Hall–Kier alpha value is -3.17. The Kier molecular flexibility index (Phi) is 6.34. The second kappa shape index (κ2) is 9.32. The van der Waals surface area contributed by atoms with Gasteiger partial charge in [0, 0.05) is 62.5 Å². The first-order chi connectivity index (χ1) is 15.1. The van der Waals surface area contributed by atoms with Crippen molar-refractivity contribution >= 4 is 22.7 Å². The third-order valence-corrected chi connectivity index (χ3v) is 5.55. The molecule has 0 radical (unpaired) electrons. The van der Waals surface area contributed by atoms with Crippen LogP contribution in [-0.4, -0.2) is 85.3 Å². The van der Waals surface area contributed by atoms with Gasteiger partial charge in [0.2, 0.25) is 5.95 Å². The molecule has 0 spiro atoms. The van der Waals surface area contributed by atoms with Crippen LogP contribution in [0.25, 0.3) is 22.2 Å². The molecule has 2 aromatic heterocycles. The topological polar surface area (TPSA) is 102 Å². The van der Waals surface area contributed by atoms with Gasteiger partial charge in [-0.25, -0.2) is 15.0 Å². The number of hydrogen-bond donors (Lipinski definition) is 2. The highest BCUT2D eigenvalue weighted by molar-refractivity contribution is 5.91. The average molecular weight is 424 g/mol. The second-order valence-corrected chi connectivity index (χ2v) is 7.70. The number of aromatic nitrogens is 3. The van der Waals surface area contributed by atoms with Crippen molar-refractivity contribution in [1.29, 1.82) is 0 Å². The third-order valence-electron chi connectivity index (χ3n) is 5.55. The first-order valence-corrected chi connectivity index (χ1v) is 10.4. The van der Waals surface area contributed by atoms with Crippen LogP contribution in [0.4, 0.5) is 11.8 Å². The monoisotopic (exact) mass is 423 g/mol. The molecule has 0 unspecified atom stereocenters. The Morgan fingerprint density at radius 1 is 1.00 bits per heavy atom. The molecule has 0 bridgehead atoms. The fourth-order valence-electron chi connectivity index (χ4n) is 3.68. The van der Waals surface area contributed by atoms with Gasteiger partial charge < -0.3 is 25.4 Å². The number of pyridine rings is 1. The fourth-order valence-corrected chi connectivity index (χ4v) is 3.68. The van der Waals surface area contributed by atoms with E-state index in [9.17, 15) is 0 Å². The molecule has 9 nitrogen and oxygen atoms in total. The number of nitrogen functional groups attached to an aromatic ring is 1. The minimum absolute atomic E-state index is 0.229. The number of nitrogens with two attached hydrogens (primary N) is 1. The van der Waals surface area contributed by atoms with E-state index in [1.165, 1.54) is 0 Å². The largest absolute Gasteiger partial charge is 0.497 e. The molecule has 0 amide bonds. The van der Waals surface area contributed by atoms with Gasteiger partial charge in [0.05, 0.1) is 19.9 Å². The van der Waals surface area contributed by atoms with Crippen LogP contribution in [0.5, 0.6) is 11.5 Å². The number of fused-ring (bicyclic) bond motifs is 1. The average Bonchev–Trinajstić information content (AvgIpc) is 2.80. The number of benzene rings is 1. The summed E-state index contributed by atoms with van der Waals surface area (Å²) < 4.78 is 10.8. The van der Waals surface area contributed by atoms with E-state index in [0.29, 0.717) is 22.8 Å². The lowest BCUT2D eigenvalue weighted by Gasteiger charge is -2.32. The highest BCUT2D eigenvalue weighted by Gasteiger charge is 2.15. The molecular weight excluding hydrogens is 394 g/mol. The van der Waals surface area contributed by atoms with Gasteiger partial charge in [0.25, 0.3) is 0 Å². The molecule has 3 heterocycles. The van der Waals surface area contributed by atoms with Crippen molar-refractivity contribution in [1.82, 2.24) is 24.8 Å². The third kappa shape index (κ3) is 4.95. The maximum absolute atomic E-state index is 5.85. The molecule has 3 N–H and O–H groups in total. The van der Waals surface area contributed by atoms with Gasteiger partial charge in [0.1, 0.15) is 17.0 Å². The Bertz CT molecular complexity index is 1030. The summed E-state index contributed by atoms with van der Waals surface area (Å²) in [6.45, 7) is 6.04. The summed E-state index contributed by atoms with van der Waals surface area (Å²) in [6, 6.07) is 7.66. The first-order valence-electron chi connectivity index (χ1n) is 10.4. The van der Waals surface area contributed by atoms with E-state index in [-0.39, 0.29) is 5.95 Å². The van der Waals surface area contributed by atoms with E-state index in [0.717, 1.165) is 55.9 Å². The lowest BCUT2D eigenvalue weighted by Crippen LogP contribution is -2.45. The minimum Gasteiger partial charge on any atom is -0.497 e. The summed E-state index contributed by atoms with van der Waals surface area (Å²) in [5.74, 6) is 2.33. The van der Waals surface area contributed by atoms with Gasteiger partial charge in [-0.15, -0.1) is 0 Å². The van der Waals surface area contributed by atoms with Gasteiger partial charge in [-0.1, -0.05) is 0 Å². The zero-order valence-electron chi connectivity index (χ0n) is 18.3. The molecule has 3 aromatic rings. The molecule has 9 heteroatoms. The smallest absolute Gasteiger partial charge is 0.220 e. The lowest BCUT2D eigenvalue weighted by molar-refractivity contribution is 0.158. The van der Waals surface area contributed by atoms with Gasteiger partial charge in [-0.05, 0) is 25.2 Å². The zero-order valence-corrected chi connectivity index (χ0v) is 18.3. The van der Waals surface area contributed by atoms with Crippen LogP contribution in [0.3, 0.4) is 0 Å². The Morgan fingerprint density at radius 2 is 1.71 bits per heavy atom. The van der Waals surface area contributed by atoms with Crippen molar-refractivity contribution in [2.24, 2.45) is 0 Å². The highest BCUT2D eigenvalue weighted by atomic mass is 16.5. The van der Waals surface area contributed by atoms with Crippen molar-refractivity contribution in [2.45, 2.75) is 0 Å². The maximum Gasteiger partial charge on any atom is 0.220 e. The Balaban J connectivity index is 1.63. The number of rotatable bonds is 7. The van der Waals surface area contributed by atoms with E-state index in [2.05, 4.69) is 32.1 Å². The maximum atomic E-state index is 5.85.